The van der Waals surface area contributed by atoms with E-state index in [9.17, 15) is 9.59 Å². The number of carbonyl (C=O) groups is 2. The number of rotatable bonds is 4. The minimum Gasteiger partial charge on any atom is -0.378 e. The molecule has 0 saturated carbocycles. The lowest BCUT2D eigenvalue weighted by molar-refractivity contribution is -0.113. The zero-order valence-electron chi connectivity index (χ0n) is 11.3. The number of aryl methyl sites for hydroxylation is 1. The summed E-state index contributed by atoms with van der Waals surface area (Å²) in [5.74, 6) is -0.682. The molecule has 20 heavy (non-hydrogen) atoms. The normalized spacial score (nSPS) is 15.2. The quantitative estimate of drug-likeness (QED) is 0.824. The lowest BCUT2D eigenvalue weighted by Gasteiger charge is -2.27. The highest BCUT2D eigenvalue weighted by atomic mass is 35.5. The second-order valence-corrected chi connectivity index (χ2v) is 4.58. The van der Waals surface area contributed by atoms with Crippen LogP contribution in [0.4, 0.5) is 5.69 Å². The molecule has 110 valence electrons. The van der Waals surface area contributed by atoms with Gasteiger partial charge in [-0.25, -0.2) is 0 Å². The third-order valence-corrected chi connectivity index (χ3v) is 3.28. The number of halogens is 1. The summed E-state index contributed by atoms with van der Waals surface area (Å²) in [5, 5.41) is 6.72. The van der Waals surface area contributed by atoms with Gasteiger partial charge in [0, 0.05) is 19.6 Å². The molecule has 0 unspecified atom stereocenters. The first kappa shape index (κ1) is 14.8. The molecule has 1 fully saturated rings. The molecular weight excluding hydrogens is 284 g/mol. The summed E-state index contributed by atoms with van der Waals surface area (Å²) in [5.41, 5.74) is 0.779. The molecule has 0 radical (unpaired) electrons. The Morgan fingerprint density at radius 1 is 1.45 bits per heavy atom. The predicted octanol–water partition coefficient (Wildman–Crippen LogP) is 0.553. The molecule has 0 atom stereocenters. The minimum atomic E-state index is -0.363. The number of aromatic nitrogens is 2. The first-order valence-corrected chi connectivity index (χ1v) is 6.99. The van der Waals surface area contributed by atoms with Gasteiger partial charge in [-0.3, -0.25) is 14.3 Å². The highest BCUT2D eigenvalue weighted by Gasteiger charge is 2.25. The molecule has 2 amide bonds. The van der Waals surface area contributed by atoms with Crippen molar-refractivity contribution in [1.29, 1.82) is 0 Å². The first-order valence-electron chi connectivity index (χ1n) is 6.46. The Hall–Kier alpha value is -1.60. The number of anilines is 1. The molecule has 2 heterocycles. The van der Waals surface area contributed by atoms with Gasteiger partial charge >= 0.3 is 0 Å². The lowest BCUT2D eigenvalue weighted by atomic mass is 10.3. The van der Waals surface area contributed by atoms with Crippen LogP contribution in [0.3, 0.4) is 0 Å². The van der Waals surface area contributed by atoms with Gasteiger partial charge in [-0.2, -0.15) is 5.10 Å². The van der Waals surface area contributed by atoms with Crippen LogP contribution in [0.25, 0.3) is 0 Å². The van der Waals surface area contributed by atoms with Crippen LogP contribution in [-0.2, 0) is 16.1 Å². The summed E-state index contributed by atoms with van der Waals surface area (Å²) < 4.78 is 6.80. The van der Waals surface area contributed by atoms with Gasteiger partial charge in [0.1, 0.15) is 11.6 Å². The highest BCUT2D eigenvalue weighted by molar-refractivity contribution is 6.29. The van der Waals surface area contributed by atoms with Crippen molar-refractivity contribution in [2.75, 3.05) is 37.5 Å². The lowest BCUT2D eigenvalue weighted by Crippen LogP contribution is -2.41. The average molecular weight is 301 g/mol. The van der Waals surface area contributed by atoms with Crippen molar-refractivity contribution < 1.29 is 14.3 Å². The number of hydrogen-bond donors (Lipinski definition) is 1. The zero-order chi connectivity index (χ0) is 14.5. The van der Waals surface area contributed by atoms with Gasteiger partial charge in [-0.15, -0.1) is 11.6 Å². The van der Waals surface area contributed by atoms with Crippen LogP contribution in [0, 0.1) is 0 Å². The molecule has 7 nitrogen and oxygen atoms in total. The predicted molar refractivity (Wildman–Crippen MR) is 74.0 cm³/mol. The topological polar surface area (TPSA) is 76.5 Å². The van der Waals surface area contributed by atoms with Crippen molar-refractivity contribution in [3.05, 3.63) is 11.9 Å². The number of carbonyl (C=O) groups excluding carboxylic acids is 2. The number of amides is 2. The van der Waals surface area contributed by atoms with E-state index in [-0.39, 0.29) is 17.7 Å². The summed E-state index contributed by atoms with van der Waals surface area (Å²) in [6, 6.07) is 0. The van der Waals surface area contributed by atoms with E-state index < -0.39 is 0 Å². The molecule has 1 aromatic rings. The van der Waals surface area contributed by atoms with E-state index in [4.69, 9.17) is 16.3 Å². The monoisotopic (exact) mass is 300 g/mol. The number of ether oxygens (including phenoxy) is 1. The third kappa shape index (κ3) is 3.10. The fourth-order valence-electron chi connectivity index (χ4n) is 2.04. The Balaban J connectivity index is 2.25. The van der Waals surface area contributed by atoms with E-state index in [1.807, 2.05) is 6.92 Å². The molecule has 8 heteroatoms. The maximum Gasteiger partial charge on any atom is 0.274 e. The molecule has 2 rings (SSSR count). The standard InChI is InChI=1S/C12H17ClN4O3/c1-2-17-11(9(8-14-17)15-10(18)7-13)12(19)16-3-5-20-6-4-16/h8H,2-7H2,1H3,(H,15,18). The molecule has 0 aliphatic carbocycles. The molecular formula is C12H17ClN4O3. The number of nitrogens with one attached hydrogen (secondary N) is 1. The van der Waals surface area contributed by atoms with E-state index in [2.05, 4.69) is 10.4 Å². The largest absolute Gasteiger partial charge is 0.378 e. The van der Waals surface area contributed by atoms with Gasteiger partial charge in [0.25, 0.3) is 5.91 Å². The van der Waals surface area contributed by atoms with Crippen LogP contribution < -0.4 is 5.32 Å². The fraction of sp³-hybridized carbons (Fsp3) is 0.583. The van der Waals surface area contributed by atoms with Crippen LogP contribution in [-0.4, -0.2) is 58.7 Å². The molecule has 1 N–H and O–H groups in total. The van der Waals surface area contributed by atoms with Gasteiger partial charge in [0.2, 0.25) is 5.91 Å². The number of morpholine rings is 1. The molecule has 1 aliphatic rings. The SMILES string of the molecule is CCn1ncc(NC(=O)CCl)c1C(=O)N1CCOCC1. The van der Waals surface area contributed by atoms with Crippen molar-refractivity contribution >= 4 is 29.1 Å². The molecule has 0 aromatic carbocycles. The molecule has 0 spiro atoms. The Bertz CT molecular complexity index is 497. The van der Waals surface area contributed by atoms with E-state index in [1.165, 1.54) is 6.20 Å². The number of hydrogen-bond acceptors (Lipinski definition) is 4. The van der Waals surface area contributed by atoms with Gasteiger partial charge in [-0.1, -0.05) is 0 Å². The number of nitrogens with zero attached hydrogens (tertiary/aromatic N) is 3. The van der Waals surface area contributed by atoms with Gasteiger partial charge in [0.15, 0.2) is 0 Å². The van der Waals surface area contributed by atoms with Gasteiger partial charge in [0.05, 0.1) is 25.1 Å². The van der Waals surface area contributed by atoms with Crippen LogP contribution in [0.5, 0.6) is 0 Å². The second-order valence-electron chi connectivity index (χ2n) is 4.31. The van der Waals surface area contributed by atoms with E-state index in [1.54, 1.807) is 9.58 Å². The molecule has 0 bridgehead atoms. The van der Waals surface area contributed by atoms with Crippen molar-refractivity contribution in [3.63, 3.8) is 0 Å². The summed E-state index contributed by atoms with van der Waals surface area (Å²) >= 11 is 5.47. The third-order valence-electron chi connectivity index (χ3n) is 3.04. The Kier molecular flexibility index (Phi) is 4.97. The maximum atomic E-state index is 12.6. The summed E-state index contributed by atoms with van der Waals surface area (Å²) in [7, 11) is 0. The van der Waals surface area contributed by atoms with Crippen molar-refractivity contribution in [3.8, 4) is 0 Å². The van der Waals surface area contributed by atoms with E-state index in [0.29, 0.717) is 44.2 Å². The first-order chi connectivity index (χ1) is 9.67. The van der Waals surface area contributed by atoms with Crippen molar-refractivity contribution in [2.24, 2.45) is 0 Å². The summed E-state index contributed by atoms with van der Waals surface area (Å²) in [6.45, 7) is 4.55. The van der Waals surface area contributed by atoms with Gasteiger partial charge < -0.3 is 15.0 Å². The van der Waals surface area contributed by atoms with Crippen LogP contribution in [0.1, 0.15) is 17.4 Å². The minimum absolute atomic E-state index is 0.155. The highest BCUT2D eigenvalue weighted by Crippen LogP contribution is 2.18. The van der Waals surface area contributed by atoms with Gasteiger partial charge in [-0.05, 0) is 6.92 Å². The summed E-state index contributed by atoms with van der Waals surface area (Å²) in [6.07, 6.45) is 1.47. The Morgan fingerprint density at radius 2 is 2.15 bits per heavy atom. The van der Waals surface area contributed by atoms with E-state index in [0.717, 1.165) is 0 Å². The molecule has 1 aromatic heterocycles. The van der Waals surface area contributed by atoms with Crippen LogP contribution in [0.2, 0.25) is 0 Å². The fourth-order valence-corrected chi connectivity index (χ4v) is 2.11. The van der Waals surface area contributed by atoms with Crippen LogP contribution >= 0.6 is 11.6 Å². The summed E-state index contributed by atoms with van der Waals surface area (Å²) in [4.78, 5) is 25.7. The number of alkyl halides is 1. The zero-order valence-corrected chi connectivity index (χ0v) is 12.0. The maximum absolute atomic E-state index is 12.6. The average Bonchev–Trinajstić information content (AvgIpc) is 2.89. The van der Waals surface area contributed by atoms with E-state index >= 15 is 0 Å². The second kappa shape index (κ2) is 6.71. The Labute approximate surface area is 121 Å². The Morgan fingerprint density at radius 3 is 2.75 bits per heavy atom. The smallest absolute Gasteiger partial charge is 0.274 e. The van der Waals surface area contributed by atoms with Crippen molar-refractivity contribution in [1.82, 2.24) is 14.7 Å². The molecule has 1 aliphatic heterocycles. The molecule has 1 saturated heterocycles. The van der Waals surface area contributed by atoms with Crippen LogP contribution in [0.15, 0.2) is 6.20 Å². The van der Waals surface area contributed by atoms with Crippen molar-refractivity contribution in [2.45, 2.75) is 13.5 Å².